The van der Waals surface area contributed by atoms with Gasteiger partial charge in [-0.15, -0.1) is 0 Å². The Hall–Kier alpha value is -1.84. The summed E-state index contributed by atoms with van der Waals surface area (Å²) in [5.74, 6) is -0.408. The van der Waals surface area contributed by atoms with Gasteiger partial charge in [0.1, 0.15) is 6.54 Å². The molecule has 1 aromatic carbocycles. The standard InChI is InChI=1S/C17H23NO3/c1-3-13-8-4-7-11-15(13)17(20)18(12-16(19)21-2)14-9-5-6-10-14/h4,7-8,11,14H,3,5-6,9-10,12H2,1-2H3. The lowest BCUT2D eigenvalue weighted by molar-refractivity contribution is -0.141. The molecule has 114 valence electrons. The van der Waals surface area contributed by atoms with Crippen LogP contribution in [0.15, 0.2) is 24.3 Å². The number of methoxy groups -OCH3 is 1. The van der Waals surface area contributed by atoms with Crippen molar-refractivity contribution in [2.75, 3.05) is 13.7 Å². The fourth-order valence-electron chi connectivity index (χ4n) is 2.98. The zero-order valence-corrected chi connectivity index (χ0v) is 12.8. The van der Waals surface area contributed by atoms with E-state index in [-0.39, 0.29) is 24.5 Å². The van der Waals surface area contributed by atoms with E-state index in [4.69, 9.17) is 4.74 Å². The summed E-state index contributed by atoms with van der Waals surface area (Å²) in [6, 6.07) is 7.78. The van der Waals surface area contributed by atoms with Gasteiger partial charge in [-0.1, -0.05) is 38.0 Å². The average Bonchev–Trinajstić information content (AvgIpc) is 3.05. The number of esters is 1. The molecule has 0 bridgehead atoms. The molecule has 0 spiro atoms. The van der Waals surface area contributed by atoms with Gasteiger partial charge in [-0.05, 0) is 30.9 Å². The quantitative estimate of drug-likeness (QED) is 0.783. The molecule has 0 aliphatic heterocycles. The third-order valence-corrected chi connectivity index (χ3v) is 4.18. The number of carbonyl (C=O) groups excluding carboxylic acids is 2. The van der Waals surface area contributed by atoms with Gasteiger partial charge in [-0.25, -0.2) is 0 Å². The van der Waals surface area contributed by atoms with Gasteiger partial charge in [0.15, 0.2) is 0 Å². The maximum atomic E-state index is 12.9. The second-order valence-electron chi connectivity index (χ2n) is 5.46. The second-order valence-corrected chi connectivity index (χ2v) is 5.46. The molecule has 4 heteroatoms. The van der Waals surface area contributed by atoms with E-state index in [1.54, 1.807) is 4.90 Å². The molecule has 1 aliphatic rings. The van der Waals surface area contributed by atoms with Crippen LogP contribution in [0.25, 0.3) is 0 Å². The van der Waals surface area contributed by atoms with Crippen molar-refractivity contribution in [3.05, 3.63) is 35.4 Å². The Morgan fingerprint density at radius 1 is 1.24 bits per heavy atom. The Labute approximate surface area is 126 Å². The van der Waals surface area contributed by atoms with Gasteiger partial charge in [0.05, 0.1) is 7.11 Å². The smallest absolute Gasteiger partial charge is 0.325 e. The molecule has 2 rings (SSSR count). The number of nitrogens with zero attached hydrogens (tertiary/aromatic N) is 1. The van der Waals surface area contributed by atoms with Crippen molar-refractivity contribution in [1.29, 1.82) is 0 Å². The summed E-state index contributed by atoms with van der Waals surface area (Å²) in [7, 11) is 1.36. The molecular formula is C17H23NO3. The third kappa shape index (κ3) is 3.63. The average molecular weight is 289 g/mol. The topological polar surface area (TPSA) is 46.6 Å². The normalized spacial score (nSPS) is 15.0. The monoisotopic (exact) mass is 289 g/mol. The SMILES string of the molecule is CCc1ccccc1C(=O)N(CC(=O)OC)C1CCCC1. The summed E-state index contributed by atoms with van der Waals surface area (Å²) >= 11 is 0. The van der Waals surface area contributed by atoms with Gasteiger partial charge in [0, 0.05) is 11.6 Å². The summed E-state index contributed by atoms with van der Waals surface area (Å²) in [6.45, 7) is 2.07. The Kier molecular flexibility index (Phi) is 5.37. The van der Waals surface area contributed by atoms with Crippen molar-refractivity contribution in [1.82, 2.24) is 4.90 Å². The van der Waals surface area contributed by atoms with Gasteiger partial charge < -0.3 is 9.64 Å². The van der Waals surface area contributed by atoms with E-state index in [1.807, 2.05) is 31.2 Å². The van der Waals surface area contributed by atoms with E-state index in [0.717, 1.165) is 37.7 Å². The molecule has 0 saturated heterocycles. The molecule has 4 nitrogen and oxygen atoms in total. The number of amides is 1. The zero-order valence-electron chi connectivity index (χ0n) is 12.8. The predicted octanol–water partition coefficient (Wildman–Crippen LogP) is 2.81. The van der Waals surface area contributed by atoms with Crippen molar-refractivity contribution in [2.24, 2.45) is 0 Å². The van der Waals surface area contributed by atoms with E-state index in [1.165, 1.54) is 7.11 Å². The van der Waals surface area contributed by atoms with Gasteiger partial charge in [0.25, 0.3) is 5.91 Å². The van der Waals surface area contributed by atoms with Crippen molar-refractivity contribution in [3.8, 4) is 0 Å². The highest BCUT2D eigenvalue weighted by Crippen LogP contribution is 2.25. The van der Waals surface area contributed by atoms with Gasteiger partial charge in [-0.3, -0.25) is 9.59 Å². The van der Waals surface area contributed by atoms with Crippen LogP contribution in [-0.4, -0.2) is 36.5 Å². The lowest BCUT2D eigenvalue weighted by Gasteiger charge is -2.28. The lowest BCUT2D eigenvalue weighted by atomic mass is 10.0. The summed E-state index contributed by atoms with van der Waals surface area (Å²) in [5, 5.41) is 0. The Balaban J connectivity index is 2.26. The van der Waals surface area contributed by atoms with Gasteiger partial charge in [0.2, 0.25) is 0 Å². The molecule has 0 N–H and O–H groups in total. The predicted molar refractivity (Wildman–Crippen MR) is 81.1 cm³/mol. The highest BCUT2D eigenvalue weighted by molar-refractivity contribution is 5.97. The minimum absolute atomic E-state index is 0.0397. The van der Waals surface area contributed by atoms with Crippen LogP contribution in [0.4, 0.5) is 0 Å². The third-order valence-electron chi connectivity index (χ3n) is 4.18. The maximum Gasteiger partial charge on any atom is 0.325 e. The Morgan fingerprint density at radius 2 is 1.90 bits per heavy atom. The van der Waals surface area contributed by atoms with E-state index >= 15 is 0 Å². The second kappa shape index (κ2) is 7.25. The van der Waals surface area contributed by atoms with Crippen LogP contribution in [0.1, 0.15) is 48.5 Å². The number of ether oxygens (including phenoxy) is 1. The molecule has 0 aromatic heterocycles. The number of rotatable bonds is 5. The van der Waals surface area contributed by atoms with Crippen LogP contribution >= 0.6 is 0 Å². The first-order chi connectivity index (χ1) is 10.2. The van der Waals surface area contributed by atoms with Gasteiger partial charge >= 0.3 is 5.97 Å². The maximum absolute atomic E-state index is 12.9. The van der Waals surface area contributed by atoms with E-state index in [2.05, 4.69) is 0 Å². The molecule has 0 unspecified atom stereocenters. The number of carbonyl (C=O) groups is 2. The van der Waals surface area contributed by atoms with E-state index in [9.17, 15) is 9.59 Å². The van der Waals surface area contributed by atoms with Crippen LogP contribution in [0.2, 0.25) is 0 Å². The number of hydrogen-bond donors (Lipinski definition) is 0. The van der Waals surface area contributed by atoms with Crippen molar-refractivity contribution < 1.29 is 14.3 Å². The Morgan fingerprint density at radius 3 is 2.52 bits per heavy atom. The molecule has 1 amide bonds. The van der Waals surface area contributed by atoms with Crippen LogP contribution < -0.4 is 0 Å². The molecule has 1 fully saturated rings. The largest absolute Gasteiger partial charge is 0.468 e. The first-order valence-corrected chi connectivity index (χ1v) is 7.63. The van der Waals surface area contributed by atoms with Crippen LogP contribution in [0.5, 0.6) is 0 Å². The number of aryl methyl sites for hydroxylation is 1. The van der Waals surface area contributed by atoms with Crippen molar-refractivity contribution in [3.63, 3.8) is 0 Å². The molecule has 1 aliphatic carbocycles. The molecule has 0 heterocycles. The summed E-state index contributed by atoms with van der Waals surface area (Å²) in [4.78, 5) is 26.2. The molecule has 21 heavy (non-hydrogen) atoms. The summed E-state index contributed by atoms with van der Waals surface area (Å²) in [6.07, 6.45) is 4.97. The minimum atomic E-state index is -0.357. The minimum Gasteiger partial charge on any atom is -0.468 e. The highest BCUT2D eigenvalue weighted by Gasteiger charge is 2.30. The molecule has 1 aromatic rings. The first kappa shape index (κ1) is 15.5. The van der Waals surface area contributed by atoms with Crippen LogP contribution in [0.3, 0.4) is 0 Å². The fraction of sp³-hybridized carbons (Fsp3) is 0.529. The van der Waals surface area contributed by atoms with Crippen LogP contribution in [0, 0.1) is 0 Å². The molecular weight excluding hydrogens is 266 g/mol. The lowest BCUT2D eigenvalue weighted by Crippen LogP contribution is -2.43. The summed E-state index contributed by atoms with van der Waals surface area (Å²) < 4.78 is 4.75. The van der Waals surface area contributed by atoms with Gasteiger partial charge in [-0.2, -0.15) is 0 Å². The molecule has 1 saturated carbocycles. The first-order valence-electron chi connectivity index (χ1n) is 7.63. The van der Waals surface area contributed by atoms with Crippen molar-refractivity contribution in [2.45, 2.75) is 45.1 Å². The Bertz CT molecular complexity index is 507. The fourth-order valence-corrected chi connectivity index (χ4v) is 2.98. The number of hydrogen-bond acceptors (Lipinski definition) is 3. The van der Waals surface area contributed by atoms with E-state index in [0.29, 0.717) is 5.56 Å². The molecule has 0 atom stereocenters. The molecule has 0 radical (unpaired) electrons. The summed E-state index contributed by atoms with van der Waals surface area (Å²) in [5.41, 5.74) is 1.73. The highest BCUT2D eigenvalue weighted by atomic mass is 16.5. The number of benzene rings is 1. The van der Waals surface area contributed by atoms with Crippen LogP contribution in [-0.2, 0) is 16.0 Å². The van der Waals surface area contributed by atoms with E-state index < -0.39 is 0 Å². The zero-order chi connectivity index (χ0) is 15.2. The van der Waals surface area contributed by atoms with Crippen molar-refractivity contribution >= 4 is 11.9 Å².